The number of rotatable bonds is 7. The van der Waals surface area contributed by atoms with Gasteiger partial charge in [0.2, 0.25) is 0 Å². The van der Waals surface area contributed by atoms with Gasteiger partial charge in [0.15, 0.2) is 0 Å². The molecule has 0 aromatic rings. The van der Waals surface area contributed by atoms with Crippen molar-refractivity contribution in [1.29, 1.82) is 0 Å². The van der Waals surface area contributed by atoms with Gasteiger partial charge in [0.1, 0.15) is 0 Å². The zero-order valence-electron chi connectivity index (χ0n) is 7.42. The summed E-state index contributed by atoms with van der Waals surface area (Å²) < 4.78 is 0. The van der Waals surface area contributed by atoms with Crippen LogP contribution in [0.4, 0.5) is 0 Å². The van der Waals surface area contributed by atoms with Gasteiger partial charge in [-0.15, -0.1) is 6.58 Å². The van der Waals surface area contributed by atoms with Crippen molar-refractivity contribution in [3.8, 4) is 0 Å². The highest BCUT2D eigenvalue weighted by Gasteiger charge is 1.98. The van der Waals surface area contributed by atoms with Gasteiger partial charge in [0.25, 0.3) is 0 Å². The van der Waals surface area contributed by atoms with E-state index in [0.717, 1.165) is 32.5 Å². The second-order valence-corrected chi connectivity index (χ2v) is 2.59. The average Bonchev–Trinajstić information content (AvgIpc) is 2.05. The average molecular weight is 157 g/mol. The summed E-state index contributed by atoms with van der Waals surface area (Å²) in [5.74, 6) is 0. The Hall–Kier alpha value is -0.340. The molecular weight excluding hydrogens is 138 g/mol. The Kier molecular flexibility index (Phi) is 7.52. The smallest absolute Gasteiger partial charge is 0.0443 e. The van der Waals surface area contributed by atoms with Gasteiger partial charge in [-0.2, -0.15) is 0 Å². The third kappa shape index (κ3) is 6.07. The molecule has 1 N–H and O–H groups in total. The van der Waals surface area contributed by atoms with Crippen molar-refractivity contribution < 1.29 is 5.11 Å². The van der Waals surface area contributed by atoms with E-state index in [1.807, 2.05) is 6.08 Å². The Morgan fingerprint density at radius 3 is 2.64 bits per heavy atom. The van der Waals surface area contributed by atoms with Gasteiger partial charge >= 0.3 is 0 Å². The molecule has 0 spiro atoms. The molecule has 66 valence electrons. The Labute approximate surface area is 69.5 Å². The molecule has 0 rings (SSSR count). The Bertz CT molecular complexity index is 93.6. The molecule has 0 aliphatic rings. The standard InChI is InChI=1S/C9H19NO/c1-3-5-7-10(4-2)8-6-9-11/h3,11H,1,4-9H2,2H3. The number of nitrogens with zero attached hydrogens (tertiary/aromatic N) is 1. The maximum atomic E-state index is 8.59. The van der Waals surface area contributed by atoms with E-state index in [9.17, 15) is 0 Å². The Balaban J connectivity index is 3.32. The molecule has 0 heterocycles. The predicted molar refractivity (Wildman–Crippen MR) is 48.6 cm³/mol. The highest BCUT2D eigenvalue weighted by atomic mass is 16.3. The molecule has 0 saturated heterocycles. The number of hydrogen-bond acceptors (Lipinski definition) is 2. The molecule has 0 fully saturated rings. The summed E-state index contributed by atoms with van der Waals surface area (Å²) in [4.78, 5) is 2.32. The lowest BCUT2D eigenvalue weighted by Gasteiger charge is -2.18. The van der Waals surface area contributed by atoms with E-state index in [1.165, 1.54) is 0 Å². The summed E-state index contributed by atoms with van der Waals surface area (Å²) in [6.45, 7) is 9.24. The summed E-state index contributed by atoms with van der Waals surface area (Å²) in [5.41, 5.74) is 0. The van der Waals surface area contributed by atoms with Crippen molar-refractivity contribution in [1.82, 2.24) is 4.90 Å². The molecule has 0 aliphatic heterocycles. The molecule has 0 radical (unpaired) electrons. The van der Waals surface area contributed by atoms with Crippen LogP contribution in [-0.4, -0.2) is 36.2 Å². The van der Waals surface area contributed by atoms with Crippen molar-refractivity contribution in [2.45, 2.75) is 19.8 Å². The lowest BCUT2D eigenvalue weighted by Crippen LogP contribution is -2.25. The van der Waals surface area contributed by atoms with Gasteiger partial charge in [-0.1, -0.05) is 13.0 Å². The topological polar surface area (TPSA) is 23.5 Å². The fraction of sp³-hybridized carbons (Fsp3) is 0.778. The van der Waals surface area contributed by atoms with Crippen LogP contribution in [0.1, 0.15) is 19.8 Å². The molecule has 0 saturated carbocycles. The van der Waals surface area contributed by atoms with Crippen molar-refractivity contribution in [3.05, 3.63) is 12.7 Å². The van der Waals surface area contributed by atoms with E-state index >= 15 is 0 Å². The predicted octanol–water partition coefficient (Wildman–Crippen LogP) is 1.27. The summed E-state index contributed by atoms with van der Waals surface area (Å²) >= 11 is 0. The van der Waals surface area contributed by atoms with Crippen LogP contribution in [0.25, 0.3) is 0 Å². The van der Waals surface area contributed by atoms with Gasteiger partial charge in [0.05, 0.1) is 0 Å². The second-order valence-electron chi connectivity index (χ2n) is 2.59. The normalized spacial score (nSPS) is 10.5. The van der Waals surface area contributed by atoms with Crippen LogP contribution in [0.15, 0.2) is 12.7 Å². The van der Waals surface area contributed by atoms with Gasteiger partial charge in [-0.05, 0) is 19.4 Å². The van der Waals surface area contributed by atoms with E-state index in [0.29, 0.717) is 6.61 Å². The van der Waals surface area contributed by atoms with E-state index in [1.54, 1.807) is 0 Å². The molecule has 0 aromatic carbocycles. The highest BCUT2D eigenvalue weighted by Crippen LogP contribution is 1.93. The van der Waals surface area contributed by atoms with Crippen LogP contribution in [-0.2, 0) is 0 Å². The first kappa shape index (κ1) is 10.7. The summed E-state index contributed by atoms with van der Waals surface area (Å²) in [6.07, 6.45) is 3.85. The molecule has 11 heavy (non-hydrogen) atoms. The SMILES string of the molecule is C=CCCN(CC)CCCO. The van der Waals surface area contributed by atoms with Crippen LogP contribution in [0.5, 0.6) is 0 Å². The third-order valence-electron chi connectivity index (χ3n) is 1.73. The zero-order valence-corrected chi connectivity index (χ0v) is 7.42. The highest BCUT2D eigenvalue weighted by molar-refractivity contribution is 4.69. The Morgan fingerprint density at radius 2 is 2.18 bits per heavy atom. The summed E-state index contributed by atoms with van der Waals surface area (Å²) in [7, 11) is 0. The van der Waals surface area contributed by atoms with Crippen LogP contribution >= 0.6 is 0 Å². The minimum absolute atomic E-state index is 0.296. The molecule has 0 amide bonds. The molecule has 0 bridgehead atoms. The molecule has 0 aromatic heterocycles. The monoisotopic (exact) mass is 157 g/mol. The van der Waals surface area contributed by atoms with Gasteiger partial charge in [-0.25, -0.2) is 0 Å². The van der Waals surface area contributed by atoms with E-state index in [-0.39, 0.29) is 0 Å². The van der Waals surface area contributed by atoms with Gasteiger partial charge < -0.3 is 10.0 Å². The minimum atomic E-state index is 0.296. The van der Waals surface area contributed by atoms with Gasteiger partial charge in [0, 0.05) is 19.7 Å². The van der Waals surface area contributed by atoms with Crippen molar-refractivity contribution >= 4 is 0 Å². The van der Waals surface area contributed by atoms with E-state index in [2.05, 4.69) is 18.4 Å². The van der Waals surface area contributed by atoms with Gasteiger partial charge in [-0.3, -0.25) is 0 Å². The molecule has 2 heteroatoms. The van der Waals surface area contributed by atoms with Crippen molar-refractivity contribution in [3.63, 3.8) is 0 Å². The fourth-order valence-electron chi connectivity index (χ4n) is 0.996. The first-order valence-electron chi connectivity index (χ1n) is 4.29. The van der Waals surface area contributed by atoms with E-state index in [4.69, 9.17) is 5.11 Å². The Morgan fingerprint density at radius 1 is 1.45 bits per heavy atom. The third-order valence-corrected chi connectivity index (χ3v) is 1.73. The molecule has 0 unspecified atom stereocenters. The number of aliphatic hydroxyl groups is 1. The fourth-order valence-corrected chi connectivity index (χ4v) is 0.996. The summed E-state index contributed by atoms with van der Waals surface area (Å²) in [5, 5.41) is 8.59. The quantitative estimate of drug-likeness (QED) is 0.562. The van der Waals surface area contributed by atoms with Crippen molar-refractivity contribution in [2.24, 2.45) is 0 Å². The maximum Gasteiger partial charge on any atom is 0.0443 e. The number of hydrogen-bond donors (Lipinski definition) is 1. The zero-order chi connectivity index (χ0) is 8.53. The van der Waals surface area contributed by atoms with Crippen LogP contribution < -0.4 is 0 Å². The van der Waals surface area contributed by atoms with E-state index < -0.39 is 0 Å². The lowest BCUT2D eigenvalue weighted by atomic mass is 10.3. The minimum Gasteiger partial charge on any atom is -0.396 e. The number of aliphatic hydroxyl groups excluding tert-OH is 1. The second kappa shape index (κ2) is 7.76. The lowest BCUT2D eigenvalue weighted by molar-refractivity contribution is 0.232. The first-order chi connectivity index (χ1) is 5.35. The van der Waals surface area contributed by atoms with Crippen LogP contribution in [0.3, 0.4) is 0 Å². The van der Waals surface area contributed by atoms with Crippen molar-refractivity contribution in [2.75, 3.05) is 26.2 Å². The molecule has 0 aliphatic carbocycles. The van der Waals surface area contributed by atoms with Crippen LogP contribution in [0.2, 0.25) is 0 Å². The first-order valence-corrected chi connectivity index (χ1v) is 4.29. The maximum absolute atomic E-state index is 8.59. The molecule has 0 atom stereocenters. The van der Waals surface area contributed by atoms with Crippen LogP contribution in [0, 0.1) is 0 Å². The molecular formula is C9H19NO. The molecule has 2 nitrogen and oxygen atoms in total. The summed E-state index contributed by atoms with van der Waals surface area (Å²) in [6, 6.07) is 0. The largest absolute Gasteiger partial charge is 0.396 e.